The van der Waals surface area contributed by atoms with E-state index in [0.29, 0.717) is 31.7 Å². The van der Waals surface area contributed by atoms with E-state index >= 15 is 0 Å². The van der Waals surface area contributed by atoms with Crippen molar-refractivity contribution in [3.05, 3.63) is 90.0 Å². The predicted molar refractivity (Wildman–Crippen MR) is 128 cm³/mol. The highest BCUT2D eigenvalue weighted by Gasteiger charge is 2.21. The molecule has 0 aliphatic carbocycles. The van der Waals surface area contributed by atoms with Gasteiger partial charge in [-0.3, -0.25) is 9.59 Å². The van der Waals surface area contributed by atoms with Crippen molar-refractivity contribution in [1.82, 2.24) is 5.32 Å². The van der Waals surface area contributed by atoms with Crippen molar-refractivity contribution in [2.45, 2.75) is 31.7 Å². The van der Waals surface area contributed by atoms with Gasteiger partial charge in [-0.25, -0.2) is 0 Å². The molecule has 6 heteroatoms. The van der Waals surface area contributed by atoms with E-state index in [4.69, 9.17) is 9.47 Å². The normalized spacial score (nSPS) is 13.5. The molecule has 0 bridgehead atoms. The Labute approximate surface area is 193 Å². The fourth-order valence-electron chi connectivity index (χ4n) is 3.70. The van der Waals surface area contributed by atoms with Crippen molar-refractivity contribution in [2.24, 2.45) is 0 Å². The molecule has 0 aromatic heterocycles. The standard InChI is InChI=1S/C27H28N2O4/c30-26(15-13-21-12-14-24-25(19-21)33-17-7-16-32-24)29-23(18-20-8-3-1-4-9-20)27(31)28-22-10-5-2-6-11-22/h1-6,8-12,14,19,23H,7,13,15-18H2,(H,28,31)(H,29,30). The maximum Gasteiger partial charge on any atom is 0.247 e. The minimum atomic E-state index is -0.677. The third kappa shape index (κ3) is 6.59. The van der Waals surface area contributed by atoms with E-state index in [1.54, 1.807) is 0 Å². The van der Waals surface area contributed by atoms with Gasteiger partial charge in [-0.2, -0.15) is 0 Å². The molecule has 4 rings (SSSR count). The SMILES string of the molecule is O=C(CCc1ccc2c(c1)OCCCO2)NC(Cc1ccccc1)C(=O)Nc1ccccc1. The summed E-state index contributed by atoms with van der Waals surface area (Å²) in [6, 6.07) is 24.0. The van der Waals surface area contributed by atoms with Gasteiger partial charge >= 0.3 is 0 Å². The summed E-state index contributed by atoms with van der Waals surface area (Å²) in [6.45, 7) is 1.26. The Morgan fingerprint density at radius 1 is 0.818 bits per heavy atom. The second kappa shape index (κ2) is 11.2. The zero-order valence-electron chi connectivity index (χ0n) is 18.5. The van der Waals surface area contributed by atoms with Gasteiger partial charge in [0, 0.05) is 24.9 Å². The van der Waals surface area contributed by atoms with Crippen LogP contribution in [-0.2, 0) is 22.4 Å². The lowest BCUT2D eigenvalue weighted by Crippen LogP contribution is -2.45. The molecule has 2 N–H and O–H groups in total. The highest BCUT2D eigenvalue weighted by molar-refractivity contribution is 5.97. The van der Waals surface area contributed by atoms with Crippen LogP contribution in [0.25, 0.3) is 0 Å². The zero-order chi connectivity index (χ0) is 22.9. The van der Waals surface area contributed by atoms with E-state index in [1.807, 2.05) is 78.9 Å². The van der Waals surface area contributed by atoms with Crippen LogP contribution in [0.1, 0.15) is 24.0 Å². The number of aryl methyl sites for hydroxylation is 1. The molecule has 6 nitrogen and oxygen atoms in total. The molecule has 2 amide bonds. The maximum absolute atomic E-state index is 13.0. The second-order valence-electron chi connectivity index (χ2n) is 8.00. The molecule has 1 aliphatic heterocycles. The summed E-state index contributed by atoms with van der Waals surface area (Å²) in [5, 5.41) is 5.82. The molecular formula is C27H28N2O4. The van der Waals surface area contributed by atoms with E-state index in [9.17, 15) is 9.59 Å². The summed E-state index contributed by atoms with van der Waals surface area (Å²) >= 11 is 0. The molecule has 0 saturated heterocycles. The van der Waals surface area contributed by atoms with E-state index in [1.165, 1.54) is 0 Å². The molecule has 1 aliphatic rings. The van der Waals surface area contributed by atoms with Gasteiger partial charge in [0.05, 0.1) is 13.2 Å². The Bertz CT molecular complexity index is 1070. The summed E-state index contributed by atoms with van der Waals surface area (Å²) in [6.07, 6.45) is 2.07. The first kappa shape index (κ1) is 22.4. The fraction of sp³-hybridized carbons (Fsp3) is 0.259. The average molecular weight is 445 g/mol. The van der Waals surface area contributed by atoms with Gasteiger partial charge in [-0.15, -0.1) is 0 Å². The molecule has 0 radical (unpaired) electrons. The molecule has 33 heavy (non-hydrogen) atoms. The number of hydrogen-bond donors (Lipinski definition) is 2. The van der Waals surface area contributed by atoms with Gasteiger partial charge in [0.25, 0.3) is 0 Å². The first-order chi connectivity index (χ1) is 16.2. The Morgan fingerprint density at radius 2 is 1.52 bits per heavy atom. The van der Waals surface area contributed by atoms with Crippen molar-refractivity contribution in [1.29, 1.82) is 0 Å². The molecule has 3 aromatic carbocycles. The van der Waals surface area contributed by atoms with Crippen molar-refractivity contribution >= 4 is 17.5 Å². The van der Waals surface area contributed by atoms with E-state index in [2.05, 4.69) is 10.6 Å². The van der Waals surface area contributed by atoms with Gasteiger partial charge < -0.3 is 20.1 Å². The fourth-order valence-corrected chi connectivity index (χ4v) is 3.70. The third-order valence-corrected chi connectivity index (χ3v) is 5.43. The maximum atomic E-state index is 13.0. The third-order valence-electron chi connectivity index (χ3n) is 5.43. The Morgan fingerprint density at radius 3 is 2.27 bits per heavy atom. The second-order valence-corrected chi connectivity index (χ2v) is 8.00. The number of rotatable bonds is 8. The van der Waals surface area contributed by atoms with E-state index in [0.717, 1.165) is 29.0 Å². The number of carbonyl (C=O) groups excluding carboxylic acids is 2. The summed E-state index contributed by atoms with van der Waals surface area (Å²) in [5.41, 5.74) is 2.67. The van der Waals surface area contributed by atoms with Crippen LogP contribution < -0.4 is 20.1 Å². The van der Waals surface area contributed by atoms with Gasteiger partial charge in [0.15, 0.2) is 11.5 Å². The van der Waals surface area contributed by atoms with Crippen LogP contribution in [-0.4, -0.2) is 31.1 Å². The molecule has 3 aromatic rings. The molecule has 170 valence electrons. The first-order valence-electron chi connectivity index (χ1n) is 11.2. The van der Waals surface area contributed by atoms with Gasteiger partial charge in [-0.05, 0) is 41.8 Å². The van der Waals surface area contributed by atoms with Crippen molar-refractivity contribution in [2.75, 3.05) is 18.5 Å². The number of carbonyl (C=O) groups is 2. The number of anilines is 1. The minimum Gasteiger partial charge on any atom is -0.490 e. The van der Waals surface area contributed by atoms with Gasteiger partial charge in [0.2, 0.25) is 11.8 Å². The molecular weight excluding hydrogens is 416 g/mol. The number of para-hydroxylation sites is 1. The van der Waals surface area contributed by atoms with Crippen LogP contribution in [0.5, 0.6) is 11.5 Å². The van der Waals surface area contributed by atoms with E-state index < -0.39 is 6.04 Å². The van der Waals surface area contributed by atoms with Crippen LogP contribution in [0.15, 0.2) is 78.9 Å². The van der Waals surface area contributed by atoms with Crippen LogP contribution in [0.3, 0.4) is 0 Å². The summed E-state index contributed by atoms with van der Waals surface area (Å²) in [4.78, 5) is 25.7. The Hall–Kier alpha value is -3.80. The van der Waals surface area contributed by atoms with Gasteiger partial charge in [-0.1, -0.05) is 54.6 Å². The molecule has 0 spiro atoms. The quantitative estimate of drug-likeness (QED) is 0.547. The molecule has 0 saturated carbocycles. The molecule has 0 fully saturated rings. The lowest BCUT2D eigenvalue weighted by atomic mass is 10.0. The van der Waals surface area contributed by atoms with Crippen LogP contribution in [0.2, 0.25) is 0 Å². The van der Waals surface area contributed by atoms with Crippen LogP contribution in [0, 0.1) is 0 Å². The molecule has 1 heterocycles. The lowest BCUT2D eigenvalue weighted by Gasteiger charge is -2.19. The topological polar surface area (TPSA) is 76.7 Å². The van der Waals surface area contributed by atoms with Crippen molar-refractivity contribution in [3.8, 4) is 11.5 Å². The number of hydrogen-bond acceptors (Lipinski definition) is 4. The number of ether oxygens (including phenoxy) is 2. The average Bonchev–Trinajstić information content (AvgIpc) is 3.09. The van der Waals surface area contributed by atoms with Crippen molar-refractivity contribution < 1.29 is 19.1 Å². The number of nitrogens with one attached hydrogen (secondary N) is 2. The lowest BCUT2D eigenvalue weighted by molar-refractivity contribution is -0.126. The Balaban J connectivity index is 1.39. The van der Waals surface area contributed by atoms with Crippen LogP contribution in [0.4, 0.5) is 5.69 Å². The molecule has 1 unspecified atom stereocenters. The highest BCUT2D eigenvalue weighted by Crippen LogP contribution is 2.30. The Kier molecular flexibility index (Phi) is 7.59. The summed E-state index contributed by atoms with van der Waals surface area (Å²) in [7, 11) is 0. The molecule has 1 atom stereocenters. The van der Waals surface area contributed by atoms with Gasteiger partial charge in [0.1, 0.15) is 6.04 Å². The minimum absolute atomic E-state index is 0.175. The predicted octanol–water partition coefficient (Wildman–Crippen LogP) is 4.15. The first-order valence-corrected chi connectivity index (χ1v) is 11.2. The number of amides is 2. The zero-order valence-corrected chi connectivity index (χ0v) is 18.5. The summed E-state index contributed by atoms with van der Waals surface area (Å²) in [5.74, 6) is 1.04. The monoisotopic (exact) mass is 444 g/mol. The highest BCUT2D eigenvalue weighted by atomic mass is 16.5. The number of fused-ring (bicyclic) bond motifs is 1. The summed E-state index contributed by atoms with van der Waals surface area (Å²) < 4.78 is 11.4. The smallest absolute Gasteiger partial charge is 0.247 e. The van der Waals surface area contributed by atoms with Crippen LogP contribution >= 0.6 is 0 Å². The van der Waals surface area contributed by atoms with Crippen molar-refractivity contribution in [3.63, 3.8) is 0 Å². The largest absolute Gasteiger partial charge is 0.490 e. The number of benzene rings is 3. The van der Waals surface area contributed by atoms with E-state index in [-0.39, 0.29) is 18.2 Å².